The molecule has 0 fully saturated rings. The summed E-state index contributed by atoms with van der Waals surface area (Å²) in [6.07, 6.45) is 0.757. The van der Waals surface area contributed by atoms with Crippen LogP contribution in [0.15, 0.2) is 36.4 Å². The lowest BCUT2D eigenvalue weighted by Crippen LogP contribution is -2.21. The van der Waals surface area contributed by atoms with E-state index in [4.69, 9.17) is 19.9 Å². The maximum atomic E-state index is 12.1. The first-order valence-corrected chi connectivity index (χ1v) is 8.34. The van der Waals surface area contributed by atoms with Gasteiger partial charge in [0.1, 0.15) is 0 Å². The van der Waals surface area contributed by atoms with E-state index in [1.54, 1.807) is 18.2 Å². The number of anilines is 2. The average molecular weight is 387 g/mol. The van der Waals surface area contributed by atoms with E-state index >= 15 is 0 Å². The molecule has 2 aromatic rings. The minimum absolute atomic E-state index is 0.0129. The number of nitrogens with two attached hydrogens (primary N) is 1. The molecule has 146 valence electrons. The molecule has 1 amide bonds. The molecule has 1 aliphatic heterocycles. The van der Waals surface area contributed by atoms with Crippen molar-refractivity contribution in [1.82, 2.24) is 0 Å². The van der Waals surface area contributed by atoms with Gasteiger partial charge in [-0.25, -0.2) is 4.79 Å². The van der Waals surface area contributed by atoms with Crippen molar-refractivity contribution in [3.05, 3.63) is 52.1 Å². The highest BCUT2D eigenvalue weighted by molar-refractivity contribution is 5.98. The highest BCUT2D eigenvalue weighted by atomic mass is 16.6. The lowest BCUT2D eigenvalue weighted by Gasteiger charge is -2.11. The van der Waals surface area contributed by atoms with E-state index in [1.165, 1.54) is 12.1 Å². The van der Waals surface area contributed by atoms with Gasteiger partial charge in [0.2, 0.25) is 0 Å². The van der Waals surface area contributed by atoms with Crippen LogP contribution >= 0.6 is 0 Å². The highest BCUT2D eigenvalue weighted by Crippen LogP contribution is 2.32. The van der Waals surface area contributed by atoms with Crippen molar-refractivity contribution < 1.29 is 28.7 Å². The fraction of sp³-hybridized carbons (Fsp3) is 0.222. The summed E-state index contributed by atoms with van der Waals surface area (Å²) >= 11 is 0. The van der Waals surface area contributed by atoms with Gasteiger partial charge in [0.15, 0.2) is 18.1 Å². The Morgan fingerprint density at radius 3 is 2.64 bits per heavy atom. The molecule has 10 heteroatoms. The monoisotopic (exact) mass is 387 g/mol. The van der Waals surface area contributed by atoms with Crippen molar-refractivity contribution >= 4 is 28.9 Å². The SMILES string of the molecule is Nc1ccc([N+](=O)[O-])cc1C(=O)OCC(=O)Nc1ccc2c(c1)OCCCO2. The van der Waals surface area contributed by atoms with Gasteiger partial charge in [0.25, 0.3) is 11.6 Å². The Morgan fingerprint density at radius 2 is 1.89 bits per heavy atom. The van der Waals surface area contributed by atoms with E-state index in [-0.39, 0.29) is 16.9 Å². The number of nitro benzene ring substituents is 1. The predicted octanol–water partition coefficient (Wildman–Crippen LogP) is 2.13. The lowest BCUT2D eigenvalue weighted by atomic mass is 10.1. The minimum atomic E-state index is -0.935. The number of benzene rings is 2. The average Bonchev–Trinajstić information content (AvgIpc) is 2.91. The largest absolute Gasteiger partial charge is 0.490 e. The van der Waals surface area contributed by atoms with E-state index in [9.17, 15) is 19.7 Å². The van der Waals surface area contributed by atoms with Crippen LogP contribution in [0.3, 0.4) is 0 Å². The predicted molar refractivity (Wildman–Crippen MR) is 98.5 cm³/mol. The third-order valence-corrected chi connectivity index (χ3v) is 3.83. The molecule has 3 N–H and O–H groups in total. The van der Waals surface area contributed by atoms with Crippen molar-refractivity contribution in [2.75, 3.05) is 30.9 Å². The number of rotatable bonds is 5. The minimum Gasteiger partial charge on any atom is -0.490 e. The first-order valence-electron chi connectivity index (χ1n) is 8.34. The van der Waals surface area contributed by atoms with E-state index in [0.717, 1.165) is 12.5 Å². The van der Waals surface area contributed by atoms with Crippen LogP contribution in [-0.2, 0) is 9.53 Å². The zero-order chi connectivity index (χ0) is 20.1. The van der Waals surface area contributed by atoms with Gasteiger partial charge in [-0.2, -0.15) is 0 Å². The quantitative estimate of drug-likeness (QED) is 0.344. The summed E-state index contributed by atoms with van der Waals surface area (Å²) < 4.78 is 15.9. The van der Waals surface area contributed by atoms with Gasteiger partial charge < -0.3 is 25.3 Å². The number of non-ortho nitro benzene ring substituents is 1. The van der Waals surface area contributed by atoms with Gasteiger partial charge in [0, 0.05) is 36.0 Å². The topological polar surface area (TPSA) is 143 Å². The molecule has 0 spiro atoms. The van der Waals surface area contributed by atoms with E-state index in [1.807, 2.05) is 0 Å². The van der Waals surface area contributed by atoms with Crippen LogP contribution in [0, 0.1) is 10.1 Å². The van der Waals surface area contributed by atoms with E-state index in [2.05, 4.69) is 5.32 Å². The summed E-state index contributed by atoms with van der Waals surface area (Å²) in [6.45, 7) is 0.470. The van der Waals surface area contributed by atoms with Crippen LogP contribution in [0.5, 0.6) is 11.5 Å². The molecule has 0 atom stereocenters. The maximum Gasteiger partial charge on any atom is 0.341 e. The Hall–Kier alpha value is -3.82. The van der Waals surface area contributed by atoms with Crippen LogP contribution < -0.4 is 20.5 Å². The summed E-state index contributed by atoms with van der Waals surface area (Å²) in [7, 11) is 0. The molecule has 0 aromatic heterocycles. The van der Waals surface area contributed by atoms with E-state index < -0.39 is 23.4 Å². The standard InChI is InChI=1S/C18H17N3O7/c19-14-4-3-12(21(24)25)9-13(14)18(23)28-10-17(22)20-11-2-5-15-16(8-11)27-7-1-6-26-15/h2-5,8-9H,1,6-7,10,19H2,(H,20,22). The molecule has 10 nitrogen and oxygen atoms in total. The van der Waals surface area contributed by atoms with Gasteiger partial charge in [-0.15, -0.1) is 0 Å². The smallest absolute Gasteiger partial charge is 0.341 e. The summed E-state index contributed by atoms with van der Waals surface area (Å²) in [5, 5.41) is 13.4. The molecule has 1 heterocycles. The second-order valence-corrected chi connectivity index (χ2v) is 5.86. The molecule has 1 aliphatic rings. The van der Waals surface area contributed by atoms with Crippen molar-refractivity contribution in [1.29, 1.82) is 0 Å². The summed E-state index contributed by atoms with van der Waals surface area (Å²) in [4.78, 5) is 34.3. The Kier molecular flexibility index (Phi) is 5.58. The maximum absolute atomic E-state index is 12.1. The third kappa shape index (κ3) is 4.47. The molecule has 0 bridgehead atoms. The summed E-state index contributed by atoms with van der Waals surface area (Å²) in [5.74, 6) is -0.429. The number of nitrogens with one attached hydrogen (secondary N) is 1. The van der Waals surface area contributed by atoms with Crippen molar-refractivity contribution in [3.63, 3.8) is 0 Å². The van der Waals surface area contributed by atoms with Crippen LogP contribution in [0.2, 0.25) is 0 Å². The number of carbonyl (C=O) groups is 2. The van der Waals surface area contributed by atoms with Gasteiger partial charge in [-0.3, -0.25) is 14.9 Å². The molecule has 2 aromatic carbocycles. The molecule has 3 rings (SSSR count). The number of hydrogen-bond donors (Lipinski definition) is 2. The molecule has 0 saturated heterocycles. The number of esters is 1. The second kappa shape index (κ2) is 8.25. The second-order valence-electron chi connectivity index (χ2n) is 5.86. The van der Waals surface area contributed by atoms with Crippen LogP contribution in [0.25, 0.3) is 0 Å². The lowest BCUT2D eigenvalue weighted by molar-refractivity contribution is -0.384. The van der Waals surface area contributed by atoms with Crippen LogP contribution in [-0.4, -0.2) is 36.6 Å². The Balaban J connectivity index is 1.60. The molecule has 28 heavy (non-hydrogen) atoms. The zero-order valence-electron chi connectivity index (χ0n) is 14.7. The molecular weight excluding hydrogens is 370 g/mol. The van der Waals surface area contributed by atoms with Gasteiger partial charge in [0.05, 0.1) is 23.7 Å². The number of amides is 1. The Labute approximate surface area is 159 Å². The van der Waals surface area contributed by atoms with Gasteiger partial charge in [-0.1, -0.05) is 0 Å². The number of nitrogens with zero attached hydrogens (tertiary/aromatic N) is 1. The fourth-order valence-corrected chi connectivity index (χ4v) is 2.48. The van der Waals surface area contributed by atoms with Crippen LogP contribution in [0.1, 0.15) is 16.8 Å². The summed E-state index contributed by atoms with van der Waals surface area (Å²) in [6, 6.07) is 8.31. The number of fused-ring (bicyclic) bond motifs is 1. The normalized spacial score (nSPS) is 12.6. The zero-order valence-corrected chi connectivity index (χ0v) is 14.7. The molecule has 0 unspecified atom stereocenters. The Morgan fingerprint density at radius 1 is 1.14 bits per heavy atom. The van der Waals surface area contributed by atoms with Gasteiger partial charge in [-0.05, 0) is 18.2 Å². The number of nitrogen functional groups attached to an aromatic ring is 1. The molecule has 0 radical (unpaired) electrons. The molecule has 0 aliphatic carbocycles. The first kappa shape index (κ1) is 19.0. The fourth-order valence-electron chi connectivity index (χ4n) is 2.48. The first-order chi connectivity index (χ1) is 13.4. The number of nitro groups is 1. The third-order valence-electron chi connectivity index (χ3n) is 3.83. The van der Waals surface area contributed by atoms with Crippen molar-refractivity contribution in [2.24, 2.45) is 0 Å². The van der Waals surface area contributed by atoms with Gasteiger partial charge >= 0.3 is 5.97 Å². The molecule has 0 saturated carbocycles. The van der Waals surface area contributed by atoms with Crippen LogP contribution in [0.4, 0.5) is 17.1 Å². The Bertz CT molecular complexity index is 929. The van der Waals surface area contributed by atoms with Crippen molar-refractivity contribution in [2.45, 2.75) is 6.42 Å². The number of carbonyl (C=O) groups excluding carboxylic acids is 2. The number of hydrogen-bond acceptors (Lipinski definition) is 8. The number of ether oxygens (including phenoxy) is 3. The summed E-state index contributed by atoms with van der Waals surface area (Å²) in [5.41, 5.74) is 5.62. The van der Waals surface area contributed by atoms with E-state index in [0.29, 0.717) is 30.4 Å². The van der Waals surface area contributed by atoms with Crippen molar-refractivity contribution in [3.8, 4) is 11.5 Å². The highest BCUT2D eigenvalue weighted by Gasteiger charge is 2.18. The molecular formula is C18H17N3O7.